The number of halogens is 2. The number of anilines is 2. The standard InChI is InChI=1S/C20H15F2N7/c21-12-1-4-14(5-2-12)29-17-9-13(22)3-6-16(17)28-18(29)7-8-25-20-15(10-23)19(24)26-11-27-20/h1-6,9,11H,7-8H2,(H3,24,25,26,27). The van der Waals surface area contributed by atoms with E-state index in [2.05, 4.69) is 20.3 Å². The molecule has 0 saturated carbocycles. The summed E-state index contributed by atoms with van der Waals surface area (Å²) in [5.74, 6) is 0.318. The maximum Gasteiger partial charge on any atom is 0.149 e. The largest absolute Gasteiger partial charge is 0.382 e. The second-order valence-corrected chi connectivity index (χ2v) is 6.24. The first kappa shape index (κ1) is 18.3. The lowest BCUT2D eigenvalue weighted by molar-refractivity contribution is 0.626. The predicted octanol–water partition coefficient (Wildman–Crippen LogP) is 3.20. The van der Waals surface area contributed by atoms with Gasteiger partial charge in [-0.2, -0.15) is 5.26 Å². The minimum atomic E-state index is -0.388. The molecule has 0 aliphatic rings. The lowest BCUT2D eigenvalue weighted by atomic mass is 10.2. The van der Waals surface area contributed by atoms with Crippen LogP contribution in [0.3, 0.4) is 0 Å². The number of nitriles is 1. The van der Waals surface area contributed by atoms with Crippen LogP contribution < -0.4 is 11.1 Å². The van der Waals surface area contributed by atoms with E-state index in [0.717, 1.165) is 0 Å². The third-order valence-corrected chi connectivity index (χ3v) is 4.40. The van der Waals surface area contributed by atoms with Crippen LogP contribution in [0.5, 0.6) is 0 Å². The Balaban J connectivity index is 1.67. The Kier molecular flexibility index (Phi) is 4.75. The summed E-state index contributed by atoms with van der Waals surface area (Å²) in [6.07, 6.45) is 1.71. The first-order valence-electron chi connectivity index (χ1n) is 8.74. The van der Waals surface area contributed by atoms with Crippen LogP contribution in [0.25, 0.3) is 16.7 Å². The van der Waals surface area contributed by atoms with Gasteiger partial charge >= 0.3 is 0 Å². The normalized spacial score (nSPS) is 10.8. The monoisotopic (exact) mass is 391 g/mol. The highest BCUT2D eigenvalue weighted by atomic mass is 19.1. The number of rotatable bonds is 5. The van der Waals surface area contributed by atoms with Gasteiger partial charge in [-0.05, 0) is 36.4 Å². The Morgan fingerprint density at radius 2 is 1.83 bits per heavy atom. The van der Waals surface area contributed by atoms with Crippen LogP contribution in [0.1, 0.15) is 11.4 Å². The molecule has 0 aliphatic heterocycles. The lowest BCUT2D eigenvalue weighted by Crippen LogP contribution is -2.12. The van der Waals surface area contributed by atoms with Crippen molar-refractivity contribution in [3.05, 3.63) is 71.8 Å². The number of benzene rings is 2. The van der Waals surface area contributed by atoms with Crippen LogP contribution in [-0.2, 0) is 6.42 Å². The number of nitrogens with two attached hydrogens (primary N) is 1. The van der Waals surface area contributed by atoms with Crippen molar-refractivity contribution in [2.45, 2.75) is 6.42 Å². The van der Waals surface area contributed by atoms with Crippen LogP contribution >= 0.6 is 0 Å². The molecule has 3 N–H and O–H groups in total. The second kappa shape index (κ2) is 7.52. The van der Waals surface area contributed by atoms with Crippen molar-refractivity contribution in [2.24, 2.45) is 0 Å². The van der Waals surface area contributed by atoms with Crippen molar-refractivity contribution < 1.29 is 8.78 Å². The Morgan fingerprint density at radius 1 is 1.07 bits per heavy atom. The van der Waals surface area contributed by atoms with Crippen LogP contribution in [0, 0.1) is 23.0 Å². The molecule has 0 aliphatic carbocycles. The molecule has 9 heteroatoms. The summed E-state index contributed by atoms with van der Waals surface area (Å²) < 4.78 is 29.0. The van der Waals surface area contributed by atoms with E-state index in [1.165, 1.54) is 30.6 Å². The van der Waals surface area contributed by atoms with E-state index in [4.69, 9.17) is 5.73 Å². The van der Waals surface area contributed by atoms with Gasteiger partial charge in [-0.25, -0.2) is 23.7 Å². The number of nitrogens with one attached hydrogen (secondary N) is 1. The summed E-state index contributed by atoms with van der Waals surface area (Å²) in [4.78, 5) is 12.4. The highest BCUT2D eigenvalue weighted by molar-refractivity contribution is 5.78. The van der Waals surface area contributed by atoms with Crippen LogP contribution in [-0.4, -0.2) is 26.1 Å². The van der Waals surface area contributed by atoms with E-state index in [-0.39, 0.29) is 23.0 Å². The molecular formula is C20H15F2N7. The summed E-state index contributed by atoms with van der Waals surface area (Å²) in [5.41, 5.74) is 7.73. The SMILES string of the molecule is N#Cc1c(N)ncnc1NCCc1nc2ccc(F)cc2n1-c1ccc(F)cc1. The van der Waals surface area contributed by atoms with Gasteiger partial charge in [-0.15, -0.1) is 0 Å². The molecule has 0 fully saturated rings. The second-order valence-electron chi connectivity index (χ2n) is 6.24. The van der Waals surface area contributed by atoms with Crippen LogP contribution in [0.2, 0.25) is 0 Å². The van der Waals surface area contributed by atoms with Gasteiger partial charge in [-0.3, -0.25) is 4.57 Å². The Labute approximate surface area is 164 Å². The highest BCUT2D eigenvalue weighted by Crippen LogP contribution is 2.23. The van der Waals surface area contributed by atoms with Gasteiger partial charge < -0.3 is 11.1 Å². The molecule has 0 atom stereocenters. The van der Waals surface area contributed by atoms with Crippen LogP contribution in [0.4, 0.5) is 20.4 Å². The molecule has 0 unspecified atom stereocenters. The zero-order valence-corrected chi connectivity index (χ0v) is 15.1. The third-order valence-electron chi connectivity index (χ3n) is 4.40. The van der Waals surface area contributed by atoms with E-state index in [1.54, 1.807) is 22.8 Å². The molecule has 0 saturated heterocycles. The minimum absolute atomic E-state index is 0.0963. The molecule has 4 aromatic rings. The van der Waals surface area contributed by atoms with Gasteiger partial charge in [0.1, 0.15) is 47.1 Å². The topological polar surface area (TPSA) is 105 Å². The smallest absolute Gasteiger partial charge is 0.149 e. The van der Waals surface area contributed by atoms with E-state index in [9.17, 15) is 14.0 Å². The fourth-order valence-corrected chi connectivity index (χ4v) is 3.08. The minimum Gasteiger partial charge on any atom is -0.382 e. The molecule has 7 nitrogen and oxygen atoms in total. The van der Waals surface area contributed by atoms with Gasteiger partial charge in [0.2, 0.25) is 0 Å². The summed E-state index contributed by atoms with van der Waals surface area (Å²) >= 11 is 0. The molecule has 4 rings (SSSR count). The fourth-order valence-electron chi connectivity index (χ4n) is 3.08. The lowest BCUT2D eigenvalue weighted by Gasteiger charge is -2.11. The average molecular weight is 391 g/mol. The Morgan fingerprint density at radius 3 is 2.59 bits per heavy atom. The van der Waals surface area contributed by atoms with Crippen molar-refractivity contribution in [1.82, 2.24) is 19.5 Å². The zero-order chi connectivity index (χ0) is 20.4. The van der Waals surface area contributed by atoms with Crippen molar-refractivity contribution in [2.75, 3.05) is 17.6 Å². The van der Waals surface area contributed by atoms with E-state index in [0.29, 0.717) is 41.3 Å². The van der Waals surface area contributed by atoms with Crippen molar-refractivity contribution in [3.63, 3.8) is 0 Å². The van der Waals surface area contributed by atoms with E-state index in [1.807, 2.05) is 6.07 Å². The summed E-state index contributed by atoms with van der Waals surface area (Å²) in [5, 5.41) is 12.3. The summed E-state index contributed by atoms with van der Waals surface area (Å²) in [6.45, 7) is 0.387. The summed E-state index contributed by atoms with van der Waals surface area (Å²) in [7, 11) is 0. The molecule has 144 valence electrons. The number of nitrogen functional groups attached to an aromatic ring is 1. The molecule has 0 spiro atoms. The van der Waals surface area contributed by atoms with E-state index >= 15 is 0 Å². The number of aromatic nitrogens is 4. The van der Waals surface area contributed by atoms with Crippen LogP contribution in [0.15, 0.2) is 48.8 Å². The molecule has 0 bridgehead atoms. The van der Waals surface area contributed by atoms with Gasteiger partial charge in [0.05, 0.1) is 11.0 Å². The molecular weight excluding hydrogens is 376 g/mol. The first-order chi connectivity index (χ1) is 14.1. The van der Waals surface area contributed by atoms with Crippen molar-refractivity contribution in [3.8, 4) is 11.8 Å². The molecule has 2 heterocycles. The number of hydrogen-bond acceptors (Lipinski definition) is 6. The predicted molar refractivity (Wildman–Crippen MR) is 104 cm³/mol. The van der Waals surface area contributed by atoms with Gasteiger partial charge in [0.15, 0.2) is 0 Å². The van der Waals surface area contributed by atoms with Gasteiger partial charge in [-0.1, -0.05) is 0 Å². The summed E-state index contributed by atoms with van der Waals surface area (Å²) in [6, 6.07) is 12.2. The van der Waals surface area contributed by atoms with Crippen molar-refractivity contribution >= 4 is 22.7 Å². The number of nitrogens with zero attached hydrogens (tertiary/aromatic N) is 5. The number of hydrogen-bond donors (Lipinski definition) is 2. The average Bonchev–Trinajstić information content (AvgIpc) is 3.06. The molecule has 2 aromatic heterocycles. The highest BCUT2D eigenvalue weighted by Gasteiger charge is 2.14. The maximum absolute atomic E-state index is 13.8. The fraction of sp³-hybridized carbons (Fsp3) is 0.100. The molecule has 0 amide bonds. The Bertz CT molecular complexity index is 1230. The maximum atomic E-state index is 13.8. The first-order valence-corrected chi connectivity index (χ1v) is 8.74. The number of imidazole rings is 1. The molecule has 0 radical (unpaired) electrons. The molecule has 29 heavy (non-hydrogen) atoms. The van der Waals surface area contributed by atoms with Crippen molar-refractivity contribution in [1.29, 1.82) is 5.26 Å². The van der Waals surface area contributed by atoms with E-state index < -0.39 is 0 Å². The molecule has 2 aromatic carbocycles. The quantitative estimate of drug-likeness (QED) is 0.541. The van der Waals surface area contributed by atoms with Gasteiger partial charge in [0.25, 0.3) is 0 Å². The Hall–Kier alpha value is -4.06. The number of fused-ring (bicyclic) bond motifs is 1. The third kappa shape index (κ3) is 3.55. The van der Waals surface area contributed by atoms with Gasteiger partial charge in [0, 0.05) is 24.7 Å². The zero-order valence-electron chi connectivity index (χ0n) is 15.1.